The Bertz CT molecular complexity index is 565. The summed E-state index contributed by atoms with van der Waals surface area (Å²) in [5.74, 6) is 0. The van der Waals surface area contributed by atoms with Gasteiger partial charge in [0, 0.05) is 17.5 Å². The van der Waals surface area contributed by atoms with Crippen LogP contribution in [-0.2, 0) is 0 Å². The third kappa shape index (κ3) is 1.94. The Morgan fingerprint density at radius 2 is 2.00 bits per heavy atom. The fraction of sp³-hybridized carbons (Fsp3) is 0.143. The van der Waals surface area contributed by atoms with Crippen LogP contribution in [-0.4, -0.2) is 4.98 Å². The van der Waals surface area contributed by atoms with Gasteiger partial charge < -0.3 is 0 Å². The Morgan fingerprint density at radius 1 is 1.19 bits per heavy atom. The number of nitrogens with zero attached hydrogens (tertiary/aromatic N) is 2. The summed E-state index contributed by atoms with van der Waals surface area (Å²) in [6.07, 6.45) is 1.78. The molecule has 0 atom stereocenters. The van der Waals surface area contributed by atoms with Crippen LogP contribution >= 0.6 is 0 Å². The predicted molar refractivity (Wildman–Crippen MR) is 63.9 cm³/mol. The summed E-state index contributed by atoms with van der Waals surface area (Å²) >= 11 is 0. The Balaban J connectivity index is 2.61. The SMILES string of the molecule is Cc1cc(C#N)cc(-c2cccnc2C)c1. The maximum absolute atomic E-state index is 8.94. The molecule has 0 aliphatic carbocycles. The van der Waals surface area contributed by atoms with E-state index in [2.05, 4.69) is 17.1 Å². The highest BCUT2D eigenvalue weighted by molar-refractivity contribution is 5.68. The summed E-state index contributed by atoms with van der Waals surface area (Å²) in [4.78, 5) is 4.26. The van der Waals surface area contributed by atoms with Crippen molar-refractivity contribution in [3.63, 3.8) is 0 Å². The van der Waals surface area contributed by atoms with Crippen molar-refractivity contribution in [3.8, 4) is 17.2 Å². The van der Waals surface area contributed by atoms with Crippen molar-refractivity contribution >= 4 is 0 Å². The second kappa shape index (κ2) is 4.16. The number of benzene rings is 1. The summed E-state index contributed by atoms with van der Waals surface area (Å²) in [5, 5.41) is 8.94. The first kappa shape index (κ1) is 10.4. The van der Waals surface area contributed by atoms with E-state index in [1.165, 1.54) is 0 Å². The lowest BCUT2D eigenvalue weighted by Gasteiger charge is -2.06. The Hall–Kier alpha value is -2.14. The molecule has 0 unspecified atom stereocenters. The highest BCUT2D eigenvalue weighted by atomic mass is 14.7. The second-order valence-electron chi connectivity index (χ2n) is 3.84. The number of aryl methyl sites for hydroxylation is 2. The number of hydrogen-bond acceptors (Lipinski definition) is 2. The van der Waals surface area contributed by atoms with Crippen molar-refractivity contribution in [2.24, 2.45) is 0 Å². The first-order valence-corrected chi connectivity index (χ1v) is 5.14. The molecule has 0 radical (unpaired) electrons. The van der Waals surface area contributed by atoms with E-state index in [1.807, 2.05) is 38.1 Å². The summed E-state index contributed by atoms with van der Waals surface area (Å²) < 4.78 is 0. The van der Waals surface area contributed by atoms with Gasteiger partial charge in [-0.15, -0.1) is 0 Å². The van der Waals surface area contributed by atoms with Crippen molar-refractivity contribution < 1.29 is 0 Å². The van der Waals surface area contributed by atoms with E-state index in [1.54, 1.807) is 6.20 Å². The summed E-state index contributed by atoms with van der Waals surface area (Å²) in [5.41, 5.74) is 4.91. The lowest BCUT2D eigenvalue weighted by Crippen LogP contribution is -1.88. The molecule has 78 valence electrons. The number of hydrogen-bond donors (Lipinski definition) is 0. The third-order valence-corrected chi connectivity index (χ3v) is 2.52. The highest BCUT2D eigenvalue weighted by Crippen LogP contribution is 2.23. The molecule has 1 heterocycles. The van der Waals surface area contributed by atoms with Gasteiger partial charge in [-0.1, -0.05) is 12.1 Å². The molecule has 0 amide bonds. The van der Waals surface area contributed by atoms with Crippen LogP contribution in [0.3, 0.4) is 0 Å². The molecular formula is C14H12N2. The minimum atomic E-state index is 0.693. The fourth-order valence-corrected chi connectivity index (χ4v) is 1.79. The van der Waals surface area contributed by atoms with Gasteiger partial charge in [0.05, 0.1) is 11.6 Å². The van der Waals surface area contributed by atoms with Crippen LogP contribution in [0.1, 0.15) is 16.8 Å². The van der Waals surface area contributed by atoms with Gasteiger partial charge in [-0.25, -0.2) is 0 Å². The summed E-state index contributed by atoms with van der Waals surface area (Å²) in [7, 11) is 0. The molecule has 16 heavy (non-hydrogen) atoms. The normalized spacial score (nSPS) is 9.81. The molecule has 2 aromatic rings. The topological polar surface area (TPSA) is 36.7 Å². The van der Waals surface area contributed by atoms with Gasteiger partial charge in [0.1, 0.15) is 0 Å². The average Bonchev–Trinajstić information content (AvgIpc) is 2.28. The van der Waals surface area contributed by atoms with Gasteiger partial charge in [0.2, 0.25) is 0 Å². The molecule has 0 saturated heterocycles. The maximum Gasteiger partial charge on any atom is 0.0991 e. The molecule has 0 spiro atoms. The van der Waals surface area contributed by atoms with Crippen molar-refractivity contribution in [1.29, 1.82) is 5.26 Å². The van der Waals surface area contributed by atoms with E-state index in [0.29, 0.717) is 5.56 Å². The van der Waals surface area contributed by atoms with E-state index < -0.39 is 0 Å². The number of aromatic nitrogens is 1. The highest BCUT2D eigenvalue weighted by Gasteiger charge is 2.04. The quantitative estimate of drug-likeness (QED) is 0.721. The Labute approximate surface area is 95.2 Å². The van der Waals surface area contributed by atoms with Gasteiger partial charge >= 0.3 is 0 Å². The van der Waals surface area contributed by atoms with Crippen LogP contribution in [0, 0.1) is 25.2 Å². The monoisotopic (exact) mass is 208 g/mol. The molecule has 0 aliphatic heterocycles. The molecule has 0 saturated carbocycles. The van der Waals surface area contributed by atoms with E-state index in [9.17, 15) is 0 Å². The zero-order chi connectivity index (χ0) is 11.5. The fourth-order valence-electron chi connectivity index (χ4n) is 1.79. The van der Waals surface area contributed by atoms with Crippen molar-refractivity contribution in [2.75, 3.05) is 0 Å². The largest absolute Gasteiger partial charge is 0.261 e. The maximum atomic E-state index is 8.94. The molecule has 2 nitrogen and oxygen atoms in total. The van der Waals surface area contributed by atoms with Crippen LogP contribution in [0.2, 0.25) is 0 Å². The van der Waals surface area contributed by atoms with Crippen molar-refractivity contribution in [2.45, 2.75) is 13.8 Å². The molecule has 2 heteroatoms. The van der Waals surface area contributed by atoms with Crippen molar-refractivity contribution in [3.05, 3.63) is 53.3 Å². The predicted octanol–water partition coefficient (Wildman–Crippen LogP) is 3.24. The molecule has 2 rings (SSSR count). The zero-order valence-electron chi connectivity index (χ0n) is 9.36. The van der Waals surface area contributed by atoms with Gasteiger partial charge in [-0.2, -0.15) is 5.26 Å². The first-order chi connectivity index (χ1) is 7.70. The molecule has 0 fully saturated rings. The van der Waals surface area contributed by atoms with E-state index in [-0.39, 0.29) is 0 Å². The zero-order valence-corrected chi connectivity index (χ0v) is 9.36. The number of rotatable bonds is 1. The summed E-state index contributed by atoms with van der Waals surface area (Å²) in [6.45, 7) is 3.97. The van der Waals surface area contributed by atoms with Crippen LogP contribution in [0.5, 0.6) is 0 Å². The third-order valence-electron chi connectivity index (χ3n) is 2.52. The van der Waals surface area contributed by atoms with Gasteiger partial charge in [0.15, 0.2) is 0 Å². The van der Waals surface area contributed by atoms with E-state index in [4.69, 9.17) is 5.26 Å². The van der Waals surface area contributed by atoms with Crippen LogP contribution in [0.25, 0.3) is 11.1 Å². The minimum Gasteiger partial charge on any atom is -0.261 e. The van der Waals surface area contributed by atoms with Gasteiger partial charge in [-0.3, -0.25) is 4.98 Å². The van der Waals surface area contributed by atoms with Gasteiger partial charge in [0.25, 0.3) is 0 Å². The van der Waals surface area contributed by atoms with Crippen LogP contribution in [0.15, 0.2) is 36.5 Å². The molecule has 1 aromatic heterocycles. The lowest BCUT2D eigenvalue weighted by molar-refractivity contribution is 1.20. The van der Waals surface area contributed by atoms with E-state index >= 15 is 0 Å². The van der Waals surface area contributed by atoms with Crippen molar-refractivity contribution in [1.82, 2.24) is 4.98 Å². The number of nitriles is 1. The Kier molecular flexibility index (Phi) is 2.70. The molecular weight excluding hydrogens is 196 g/mol. The minimum absolute atomic E-state index is 0.693. The second-order valence-corrected chi connectivity index (χ2v) is 3.84. The standard InChI is InChI=1S/C14H12N2/c1-10-6-12(9-15)8-13(7-10)14-4-3-5-16-11(14)2/h3-8H,1-2H3. The summed E-state index contributed by atoms with van der Waals surface area (Å²) in [6, 6.07) is 12.0. The van der Waals surface area contributed by atoms with Gasteiger partial charge in [-0.05, 0) is 43.2 Å². The molecule has 0 N–H and O–H groups in total. The van der Waals surface area contributed by atoms with Crippen LogP contribution < -0.4 is 0 Å². The molecule has 0 bridgehead atoms. The molecule has 0 aliphatic rings. The lowest BCUT2D eigenvalue weighted by atomic mass is 10.00. The molecule has 1 aromatic carbocycles. The smallest absolute Gasteiger partial charge is 0.0991 e. The first-order valence-electron chi connectivity index (χ1n) is 5.14. The van der Waals surface area contributed by atoms with Crippen LogP contribution in [0.4, 0.5) is 0 Å². The number of pyridine rings is 1. The van der Waals surface area contributed by atoms with E-state index in [0.717, 1.165) is 22.4 Å². The Morgan fingerprint density at radius 3 is 2.69 bits per heavy atom. The average molecular weight is 208 g/mol.